The number of nitrogens with one attached hydrogen (secondary N) is 1. The Hall–Kier alpha value is -2.58. The normalized spacial score (nSPS) is 16.6. The zero-order valence-electron chi connectivity index (χ0n) is 17.6. The summed E-state index contributed by atoms with van der Waals surface area (Å²) in [5.41, 5.74) is 1.04. The highest BCUT2D eigenvalue weighted by atomic mass is 32.2. The molecule has 1 N–H and O–H groups in total. The van der Waals surface area contributed by atoms with Gasteiger partial charge in [-0.3, -0.25) is 9.10 Å². The minimum Gasteiger partial charge on any atom is -0.490 e. The summed E-state index contributed by atoms with van der Waals surface area (Å²) >= 11 is 0. The lowest BCUT2D eigenvalue weighted by atomic mass is 10.1. The van der Waals surface area contributed by atoms with E-state index < -0.39 is 22.0 Å². The summed E-state index contributed by atoms with van der Waals surface area (Å²) in [6, 6.07) is 14.9. The molecule has 0 radical (unpaired) electrons. The number of rotatable bonds is 7. The van der Waals surface area contributed by atoms with Crippen molar-refractivity contribution in [2.45, 2.75) is 31.9 Å². The highest BCUT2D eigenvalue weighted by molar-refractivity contribution is 7.92. The number of hydrogen-bond acceptors (Lipinski definition) is 5. The standard InChI is InChI=1S/C22H29N3O4S/c1-17(25(30(3,27)28)19-7-5-4-6-8-19)22(26)23-18-9-11-20(12-10-18)29-21-13-15-24(2)16-14-21/h4-12,17,21H,13-16H2,1-3H3,(H,23,26). The zero-order chi connectivity index (χ0) is 21.7. The third kappa shape index (κ3) is 5.73. The van der Waals surface area contributed by atoms with Gasteiger partial charge in [0.15, 0.2) is 0 Å². The Bertz CT molecular complexity index is 940. The van der Waals surface area contributed by atoms with Crippen LogP contribution in [0.1, 0.15) is 19.8 Å². The number of hydrogen-bond donors (Lipinski definition) is 1. The van der Waals surface area contributed by atoms with E-state index in [-0.39, 0.29) is 6.10 Å². The molecule has 1 heterocycles. The Morgan fingerprint density at radius 3 is 2.27 bits per heavy atom. The van der Waals surface area contributed by atoms with Crippen molar-refractivity contribution in [3.8, 4) is 5.75 Å². The molecule has 0 aromatic heterocycles. The number of amides is 1. The first kappa shape index (κ1) is 22.1. The first-order chi connectivity index (χ1) is 14.2. The minimum atomic E-state index is -3.63. The van der Waals surface area contributed by atoms with Crippen LogP contribution in [-0.2, 0) is 14.8 Å². The van der Waals surface area contributed by atoms with Crippen LogP contribution in [0.4, 0.5) is 11.4 Å². The second-order valence-corrected chi connectivity index (χ2v) is 9.56. The van der Waals surface area contributed by atoms with Crippen molar-refractivity contribution in [2.24, 2.45) is 0 Å². The fraction of sp³-hybridized carbons (Fsp3) is 0.409. The highest BCUT2D eigenvalue weighted by Gasteiger charge is 2.29. The lowest BCUT2D eigenvalue weighted by molar-refractivity contribution is -0.116. The monoisotopic (exact) mass is 431 g/mol. The van der Waals surface area contributed by atoms with E-state index in [9.17, 15) is 13.2 Å². The summed E-state index contributed by atoms with van der Waals surface area (Å²) in [4.78, 5) is 15.0. The molecule has 1 aliphatic heterocycles. The van der Waals surface area contributed by atoms with Crippen LogP contribution in [0.25, 0.3) is 0 Å². The number of sulfonamides is 1. The Balaban J connectivity index is 1.64. The molecule has 7 nitrogen and oxygen atoms in total. The maximum Gasteiger partial charge on any atom is 0.247 e. The van der Waals surface area contributed by atoms with Gasteiger partial charge < -0.3 is 15.0 Å². The van der Waals surface area contributed by atoms with Gasteiger partial charge in [-0.1, -0.05) is 18.2 Å². The first-order valence-corrected chi connectivity index (χ1v) is 11.9. The van der Waals surface area contributed by atoms with Crippen LogP contribution in [0.2, 0.25) is 0 Å². The summed E-state index contributed by atoms with van der Waals surface area (Å²) in [5.74, 6) is 0.353. The molecule has 0 spiro atoms. The van der Waals surface area contributed by atoms with E-state index in [1.807, 2.05) is 12.1 Å². The van der Waals surface area contributed by atoms with Crippen molar-refractivity contribution in [1.29, 1.82) is 0 Å². The third-order valence-corrected chi connectivity index (χ3v) is 6.43. The second kappa shape index (κ2) is 9.49. The van der Waals surface area contributed by atoms with E-state index in [1.54, 1.807) is 49.4 Å². The van der Waals surface area contributed by atoms with Gasteiger partial charge in [0.05, 0.1) is 11.9 Å². The minimum absolute atomic E-state index is 0.204. The molecule has 3 rings (SSSR count). The summed E-state index contributed by atoms with van der Waals surface area (Å²) < 4.78 is 31.8. The maximum atomic E-state index is 12.8. The lowest BCUT2D eigenvalue weighted by Crippen LogP contribution is -2.45. The molecule has 1 atom stereocenters. The van der Waals surface area contributed by atoms with E-state index in [4.69, 9.17) is 4.74 Å². The summed E-state index contributed by atoms with van der Waals surface area (Å²) in [6.45, 7) is 3.62. The molecule has 30 heavy (non-hydrogen) atoms. The molecule has 162 valence electrons. The van der Waals surface area contributed by atoms with Crippen LogP contribution >= 0.6 is 0 Å². The zero-order valence-corrected chi connectivity index (χ0v) is 18.4. The number of carbonyl (C=O) groups is 1. The number of benzene rings is 2. The molecule has 0 bridgehead atoms. The van der Waals surface area contributed by atoms with E-state index in [2.05, 4.69) is 17.3 Å². The molecule has 1 unspecified atom stereocenters. The van der Waals surface area contributed by atoms with Gasteiger partial charge in [0.25, 0.3) is 0 Å². The summed E-state index contributed by atoms with van der Waals surface area (Å²) in [6.07, 6.45) is 3.29. The summed E-state index contributed by atoms with van der Waals surface area (Å²) in [7, 11) is -1.52. The van der Waals surface area contributed by atoms with Crippen LogP contribution in [0.15, 0.2) is 54.6 Å². The molecule has 0 aliphatic carbocycles. The van der Waals surface area contributed by atoms with Crippen molar-refractivity contribution < 1.29 is 17.9 Å². The molecule has 1 fully saturated rings. The fourth-order valence-corrected chi connectivity index (χ4v) is 4.72. The molecule has 8 heteroatoms. The summed E-state index contributed by atoms with van der Waals surface area (Å²) in [5, 5.41) is 2.79. The Morgan fingerprint density at radius 1 is 1.10 bits per heavy atom. The van der Waals surface area contributed by atoms with Gasteiger partial charge >= 0.3 is 0 Å². The molecule has 2 aromatic carbocycles. The van der Waals surface area contributed by atoms with Crippen molar-refractivity contribution in [1.82, 2.24) is 4.90 Å². The van der Waals surface area contributed by atoms with Crippen LogP contribution in [-0.4, -0.2) is 57.8 Å². The maximum absolute atomic E-state index is 12.8. The second-order valence-electron chi connectivity index (χ2n) is 7.70. The molecular formula is C22H29N3O4S. The molecular weight excluding hydrogens is 402 g/mol. The number of ether oxygens (including phenoxy) is 1. The van der Waals surface area contributed by atoms with Crippen molar-refractivity contribution in [2.75, 3.05) is 36.0 Å². The molecule has 1 saturated heterocycles. The molecule has 1 amide bonds. The van der Waals surface area contributed by atoms with E-state index >= 15 is 0 Å². The molecule has 0 saturated carbocycles. The van der Waals surface area contributed by atoms with Crippen LogP contribution in [0.5, 0.6) is 5.75 Å². The van der Waals surface area contributed by atoms with Crippen molar-refractivity contribution in [3.05, 3.63) is 54.6 Å². The van der Waals surface area contributed by atoms with Gasteiger partial charge in [-0.25, -0.2) is 8.42 Å². The third-order valence-electron chi connectivity index (χ3n) is 5.19. The largest absolute Gasteiger partial charge is 0.490 e. The number of para-hydroxylation sites is 1. The average molecular weight is 432 g/mol. The van der Waals surface area contributed by atoms with Crippen molar-refractivity contribution >= 4 is 27.3 Å². The van der Waals surface area contributed by atoms with Gasteiger partial charge in [0, 0.05) is 18.8 Å². The van der Waals surface area contributed by atoms with Crippen molar-refractivity contribution in [3.63, 3.8) is 0 Å². The van der Waals surface area contributed by atoms with Gasteiger partial charge in [-0.15, -0.1) is 0 Å². The van der Waals surface area contributed by atoms with Gasteiger partial charge in [0.1, 0.15) is 17.9 Å². The van der Waals surface area contributed by atoms with E-state index in [0.717, 1.165) is 42.2 Å². The SMILES string of the molecule is CC(C(=O)Nc1ccc(OC2CCN(C)CC2)cc1)N(c1ccccc1)S(C)(=O)=O. The predicted molar refractivity (Wildman–Crippen MR) is 119 cm³/mol. The number of carbonyl (C=O) groups excluding carboxylic acids is 1. The number of anilines is 2. The Labute approximate surface area is 178 Å². The smallest absolute Gasteiger partial charge is 0.247 e. The fourth-order valence-electron chi connectivity index (χ4n) is 3.54. The van der Waals surface area contributed by atoms with Crippen LogP contribution < -0.4 is 14.4 Å². The number of piperidine rings is 1. The van der Waals surface area contributed by atoms with Crippen LogP contribution in [0, 0.1) is 0 Å². The predicted octanol–water partition coefficient (Wildman–Crippen LogP) is 2.95. The molecule has 2 aromatic rings. The Kier molecular flexibility index (Phi) is 6.99. The number of likely N-dealkylation sites (tertiary alicyclic amines) is 1. The quantitative estimate of drug-likeness (QED) is 0.729. The van der Waals surface area contributed by atoms with Gasteiger partial charge in [-0.2, -0.15) is 0 Å². The number of nitrogens with zero attached hydrogens (tertiary/aromatic N) is 2. The van der Waals surface area contributed by atoms with E-state index in [0.29, 0.717) is 11.4 Å². The van der Waals surface area contributed by atoms with E-state index in [1.165, 1.54) is 0 Å². The average Bonchev–Trinajstić information content (AvgIpc) is 2.71. The Morgan fingerprint density at radius 2 is 1.70 bits per heavy atom. The topological polar surface area (TPSA) is 79.0 Å². The van der Waals surface area contributed by atoms with Gasteiger partial charge in [0.2, 0.25) is 15.9 Å². The molecule has 1 aliphatic rings. The van der Waals surface area contributed by atoms with Crippen LogP contribution in [0.3, 0.4) is 0 Å². The first-order valence-electron chi connectivity index (χ1n) is 10.0. The lowest BCUT2D eigenvalue weighted by Gasteiger charge is -2.29. The highest BCUT2D eigenvalue weighted by Crippen LogP contribution is 2.23. The van der Waals surface area contributed by atoms with Gasteiger partial charge in [-0.05, 0) is 63.2 Å².